The first-order valence-corrected chi connectivity index (χ1v) is 5.25. The molecule has 1 aromatic carbocycles. The number of carbonyl (C=O) groups excluding carboxylic acids is 1. The van der Waals surface area contributed by atoms with Crippen molar-refractivity contribution >= 4 is 11.7 Å². The average Bonchev–Trinajstić information content (AvgIpc) is 2.24. The molecular formula is C12H16FNO2. The lowest BCUT2D eigenvalue weighted by molar-refractivity contribution is -0.147. The van der Waals surface area contributed by atoms with E-state index in [1.165, 1.54) is 12.1 Å². The third kappa shape index (κ3) is 3.22. The van der Waals surface area contributed by atoms with E-state index in [2.05, 4.69) is 0 Å². The fourth-order valence-corrected chi connectivity index (χ4v) is 1.42. The van der Waals surface area contributed by atoms with Gasteiger partial charge in [0.05, 0.1) is 18.2 Å². The SMILES string of the molecule is CCOC(=O)C(C)Cc1ccc(N)c(F)c1. The lowest BCUT2D eigenvalue weighted by atomic mass is 10.0. The third-order valence-corrected chi connectivity index (χ3v) is 2.30. The molecule has 0 aliphatic heterocycles. The quantitative estimate of drug-likeness (QED) is 0.631. The molecule has 0 heterocycles. The van der Waals surface area contributed by atoms with Crippen LogP contribution in [0.4, 0.5) is 10.1 Å². The van der Waals surface area contributed by atoms with Gasteiger partial charge in [0.25, 0.3) is 0 Å². The number of rotatable bonds is 4. The van der Waals surface area contributed by atoms with Crippen LogP contribution in [0.15, 0.2) is 18.2 Å². The van der Waals surface area contributed by atoms with Crippen LogP contribution in [0.25, 0.3) is 0 Å². The molecule has 0 spiro atoms. The van der Waals surface area contributed by atoms with Crippen molar-refractivity contribution in [2.45, 2.75) is 20.3 Å². The summed E-state index contributed by atoms with van der Waals surface area (Å²) in [4.78, 5) is 11.4. The molecule has 0 bridgehead atoms. The molecule has 16 heavy (non-hydrogen) atoms. The van der Waals surface area contributed by atoms with Gasteiger partial charge < -0.3 is 10.5 Å². The first-order chi connectivity index (χ1) is 7.54. The highest BCUT2D eigenvalue weighted by molar-refractivity contribution is 5.72. The van der Waals surface area contributed by atoms with E-state index >= 15 is 0 Å². The van der Waals surface area contributed by atoms with Crippen LogP contribution in [-0.4, -0.2) is 12.6 Å². The summed E-state index contributed by atoms with van der Waals surface area (Å²) in [6, 6.07) is 4.57. The van der Waals surface area contributed by atoms with Gasteiger partial charge in [-0.05, 0) is 31.0 Å². The van der Waals surface area contributed by atoms with Crippen LogP contribution >= 0.6 is 0 Å². The smallest absolute Gasteiger partial charge is 0.308 e. The van der Waals surface area contributed by atoms with Crippen molar-refractivity contribution in [1.82, 2.24) is 0 Å². The lowest BCUT2D eigenvalue weighted by Gasteiger charge is -2.10. The standard InChI is InChI=1S/C12H16FNO2/c1-3-16-12(15)8(2)6-9-4-5-11(14)10(13)7-9/h4-5,7-8H,3,6,14H2,1-2H3. The molecule has 0 radical (unpaired) electrons. The molecule has 0 aromatic heterocycles. The first-order valence-electron chi connectivity index (χ1n) is 5.25. The average molecular weight is 225 g/mol. The van der Waals surface area contributed by atoms with E-state index in [9.17, 15) is 9.18 Å². The second-order valence-electron chi connectivity index (χ2n) is 3.71. The van der Waals surface area contributed by atoms with E-state index in [0.717, 1.165) is 5.56 Å². The van der Waals surface area contributed by atoms with Crippen molar-refractivity contribution in [2.24, 2.45) is 5.92 Å². The van der Waals surface area contributed by atoms with E-state index in [-0.39, 0.29) is 17.6 Å². The molecular weight excluding hydrogens is 209 g/mol. The second kappa shape index (κ2) is 5.49. The van der Waals surface area contributed by atoms with Crippen LogP contribution in [0.1, 0.15) is 19.4 Å². The number of anilines is 1. The van der Waals surface area contributed by atoms with Crippen molar-refractivity contribution in [2.75, 3.05) is 12.3 Å². The molecule has 4 heteroatoms. The Morgan fingerprint density at radius 3 is 2.81 bits per heavy atom. The Labute approximate surface area is 94.4 Å². The van der Waals surface area contributed by atoms with Gasteiger partial charge in [0, 0.05) is 0 Å². The van der Waals surface area contributed by atoms with E-state index in [4.69, 9.17) is 10.5 Å². The molecule has 1 atom stereocenters. The summed E-state index contributed by atoms with van der Waals surface area (Å²) in [6.45, 7) is 3.87. The third-order valence-electron chi connectivity index (χ3n) is 2.30. The molecule has 0 aliphatic carbocycles. The number of hydrogen-bond donors (Lipinski definition) is 1. The number of carbonyl (C=O) groups is 1. The summed E-state index contributed by atoms with van der Waals surface area (Å²) < 4.78 is 18.0. The number of nitrogens with two attached hydrogens (primary N) is 1. The summed E-state index contributed by atoms with van der Waals surface area (Å²) in [5.74, 6) is -0.990. The maximum atomic E-state index is 13.1. The molecule has 0 fully saturated rings. The Morgan fingerprint density at radius 1 is 1.56 bits per heavy atom. The Bertz CT molecular complexity index is 379. The predicted molar refractivity (Wildman–Crippen MR) is 60.3 cm³/mol. The lowest BCUT2D eigenvalue weighted by Crippen LogP contribution is -2.17. The highest BCUT2D eigenvalue weighted by Gasteiger charge is 2.14. The second-order valence-corrected chi connectivity index (χ2v) is 3.71. The Hall–Kier alpha value is -1.58. The summed E-state index contributed by atoms with van der Waals surface area (Å²) in [6.07, 6.45) is 0.454. The van der Waals surface area contributed by atoms with Gasteiger partial charge >= 0.3 is 5.97 Å². The summed E-state index contributed by atoms with van der Waals surface area (Å²) in [5, 5.41) is 0. The van der Waals surface area contributed by atoms with Crippen molar-refractivity contribution in [3.05, 3.63) is 29.6 Å². The molecule has 1 aromatic rings. The largest absolute Gasteiger partial charge is 0.466 e. The van der Waals surface area contributed by atoms with E-state index in [0.29, 0.717) is 13.0 Å². The van der Waals surface area contributed by atoms with E-state index < -0.39 is 5.82 Å². The van der Waals surface area contributed by atoms with Gasteiger partial charge in [0.15, 0.2) is 0 Å². The molecule has 0 aliphatic rings. The Balaban J connectivity index is 2.66. The van der Waals surface area contributed by atoms with Crippen molar-refractivity contribution in [3.63, 3.8) is 0 Å². The zero-order chi connectivity index (χ0) is 12.1. The van der Waals surface area contributed by atoms with Crippen LogP contribution in [0.2, 0.25) is 0 Å². The molecule has 0 amide bonds. The highest BCUT2D eigenvalue weighted by Crippen LogP contribution is 2.15. The van der Waals surface area contributed by atoms with Crippen LogP contribution < -0.4 is 5.73 Å². The molecule has 88 valence electrons. The van der Waals surface area contributed by atoms with Gasteiger partial charge in [-0.15, -0.1) is 0 Å². The number of nitrogen functional groups attached to an aromatic ring is 1. The topological polar surface area (TPSA) is 52.3 Å². The van der Waals surface area contributed by atoms with Gasteiger partial charge in [0.2, 0.25) is 0 Å². The van der Waals surface area contributed by atoms with Gasteiger partial charge in [-0.25, -0.2) is 4.39 Å². The van der Waals surface area contributed by atoms with E-state index in [1.54, 1.807) is 19.9 Å². The molecule has 1 rings (SSSR count). The van der Waals surface area contributed by atoms with Gasteiger partial charge in [-0.3, -0.25) is 4.79 Å². The van der Waals surface area contributed by atoms with Crippen molar-refractivity contribution in [1.29, 1.82) is 0 Å². The number of hydrogen-bond acceptors (Lipinski definition) is 3. The van der Waals surface area contributed by atoms with Crippen LogP contribution in [0.5, 0.6) is 0 Å². The van der Waals surface area contributed by atoms with Crippen molar-refractivity contribution < 1.29 is 13.9 Å². The molecule has 3 nitrogen and oxygen atoms in total. The van der Waals surface area contributed by atoms with E-state index in [1.807, 2.05) is 0 Å². The summed E-state index contributed by atoms with van der Waals surface area (Å²) >= 11 is 0. The zero-order valence-corrected chi connectivity index (χ0v) is 9.50. The summed E-state index contributed by atoms with van der Waals surface area (Å²) in [5.41, 5.74) is 6.22. The highest BCUT2D eigenvalue weighted by atomic mass is 19.1. The number of esters is 1. The number of benzene rings is 1. The molecule has 0 saturated carbocycles. The van der Waals surface area contributed by atoms with Crippen molar-refractivity contribution in [3.8, 4) is 0 Å². The monoisotopic (exact) mass is 225 g/mol. The minimum absolute atomic E-state index is 0.118. The van der Waals surface area contributed by atoms with Gasteiger partial charge in [-0.2, -0.15) is 0 Å². The van der Waals surface area contributed by atoms with Crippen LogP contribution in [0.3, 0.4) is 0 Å². The predicted octanol–water partition coefficient (Wildman–Crippen LogP) is 2.15. The fourth-order valence-electron chi connectivity index (χ4n) is 1.42. The normalized spacial score (nSPS) is 12.2. The Morgan fingerprint density at radius 2 is 2.25 bits per heavy atom. The number of halogens is 1. The minimum Gasteiger partial charge on any atom is -0.466 e. The zero-order valence-electron chi connectivity index (χ0n) is 9.50. The molecule has 2 N–H and O–H groups in total. The number of ether oxygens (including phenoxy) is 1. The molecule has 1 unspecified atom stereocenters. The summed E-state index contributed by atoms with van der Waals surface area (Å²) in [7, 11) is 0. The maximum absolute atomic E-state index is 13.1. The van der Waals surface area contributed by atoms with Crippen LogP contribution in [-0.2, 0) is 16.0 Å². The van der Waals surface area contributed by atoms with Gasteiger partial charge in [-0.1, -0.05) is 13.0 Å². The maximum Gasteiger partial charge on any atom is 0.308 e. The van der Waals surface area contributed by atoms with Crippen LogP contribution in [0, 0.1) is 11.7 Å². The minimum atomic E-state index is -0.450. The Kier molecular flexibility index (Phi) is 4.28. The fraction of sp³-hybridized carbons (Fsp3) is 0.417. The van der Waals surface area contributed by atoms with Gasteiger partial charge in [0.1, 0.15) is 5.82 Å². The molecule has 0 saturated heterocycles. The first kappa shape index (κ1) is 12.5.